The third-order valence-electron chi connectivity index (χ3n) is 3.31. The van der Waals surface area contributed by atoms with Crippen molar-refractivity contribution in [2.24, 2.45) is 0 Å². The molecule has 2 amide bonds. The molecule has 0 bridgehead atoms. The van der Waals surface area contributed by atoms with E-state index < -0.39 is 41.6 Å². The number of alkyl halides is 3. The van der Waals surface area contributed by atoms with Gasteiger partial charge in [-0.3, -0.25) is 9.59 Å². The van der Waals surface area contributed by atoms with Gasteiger partial charge in [-0.1, -0.05) is 18.2 Å². The van der Waals surface area contributed by atoms with E-state index in [1.807, 2.05) is 0 Å². The summed E-state index contributed by atoms with van der Waals surface area (Å²) >= 11 is 0. The fraction of sp³-hybridized carbons (Fsp3) is 0.176. The Bertz CT molecular complexity index is 790. The molecule has 0 aromatic heterocycles. The maximum atomic E-state index is 13.1. The van der Waals surface area contributed by atoms with Crippen LogP contribution in [-0.2, 0) is 11.0 Å². The number of hydrogen-bond acceptors (Lipinski definition) is 2. The third-order valence-corrected chi connectivity index (χ3v) is 3.31. The zero-order valence-corrected chi connectivity index (χ0v) is 13.1. The molecule has 2 aromatic rings. The van der Waals surface area contributed by atoms with Crippen molar-refractivity contribution in [3.63, 3.8) is 0 Å². The van der Waals surface area contributed by atoms with Gasteiger partial charge >= 0.3 is 6.18 Å². The van der Waals surface area contributed by atoms with Crippen LogP contribution in [0.5, 0.6) is 0 Å². The van der Waals surface area contributed by atoms with Crippen molar-refractivity contribution in [3.8, 4) is 0 Å². The molecular formula is C17H14F4N2O2. The molecule has 4 nitrogen and oxygen atoms in total. The van der Waals surface area contributed by atoms with Gasteiger partial charge in [0, 0.05) is 12.6 Å². The second-order valence-electron chi connectivity index (χ2n) is 5.26. The van der Waals surface area contributed by atoms with E-state index in [1.54, 1.807) is 0 Å². The summed E-state index contributed by atoms with van der Waals surface area (Å²) in [5, 5.41) is 2.14. The van der Waals surface area contributed by atoms with Gasteiger partial charge in [0.25, 0.3) is 5.91 Å². The molecular weight excluding hydrogens is 340 g/mol. The van der Waals surface area contributed by atoms with E-state index >= 15 is 0 Å². The number of nitrogens with zero attached hydrogens (tertiary/aromatic N) is 1. The van der Waals surface area contributed by atoms with E-state index in [1.165, 1.54) is 31.3 Å². The monoisotopic (exact) mass is 354 g/mol. The molecule has 0 aliphatic rings. The van der Waals surface area contributed by atoms with E-state index in [-0.39, 0.29) is 5.56 Å². The molecule has 0 saturated heterocycles. The van der Waals surface area contributed by atoms with Crippen LogP contribution in [0.25, 0.3) is 0 Å². The van der Waals surface area contributed by atoms with Crippen LogP contribution < -0.4 is 5.32 Å². The number of halogens is 4. The van der Waals surface area contributed by atoms with E-state index in [4.69, 9.17) is 0 Å². The van der Waals surface area contributed by atoms with Crippen LogP contribution in [-0.4, -0.2) is 30.3 Å². The Labute approximate surface area is 141 Å². The zero-order valence-electron chi connectivity index (χ0n) is 13.1. The minimum Gasteiger partial charge on any atom is -0.332 e. The predicted molar refractivity (Wildman–Crippen MR) is 83.4 cm³/mol. The first kappa shape index (κ1) is 18.4. The Morgan fingerprint density at radius 3 is 2.40 bits per heavy atom. The number of nitrogens with one attached hydrogen (secondary N) is 1. The molecule has 0 fully saturated rings. The molecule has 25 heavy (non-hydrogen) atoms. The molecule has 2 rings (SSSR count). The van der Waals surface area contributed by atoms with Crippen molar-refractivity contribution in [1.29, 1.82) is 0 Å². The first-order valence-electron chi connectivity index (χ1n) is 7.15. The largest absolute Gasteiger partial charge is 0.418 e. The van der Waals surface area contributed by atoms with Gasteiger partial charge in [0.1, 0.15) is 5.82 Å². The number of anilines is 1. The number of carbonyl (C=O) groups excluding carboxylic acids is 2. The molecule has 0 radical (unpaired) electrons. The van der Waals surface area contributed by atoms with Crippen LogP contribution in [0.4, 0.5) is 23.2 Å². The van der Waals surface area contributed by atoms with Crippen molar-refractivity contribution < 1.29 is 27.2 Å². The number of carbonyl (C=O) groups is 2. The minimum absolute atomic E-state index is 0.0333. The SMILES string of the molecule is CN(CC(=O)Nc1ccccc1C(F)(F)F)C(=O)c1cccc(F)c1. The summed E-state index contributed by atoms with van der Waals surface area (Å²) in [6, 6.07) is 9.42. The second kappa shape index (κ2) is 7.33. The molecule has 0 saturated carbocycles. The van der Waals surface area contributed by atoms with Gasteiger partial charge in [-0.15, -0.1) is 0 Å². The molecule has 1 N–H and O–H groups in total. The Morgan fingerprint density at radius 2 is 1.76 bits per heavy atom. The third kappa shape index (κ3) is 4.79. The number of rotatable bonds is 4. The predicted octanol–water partition coefficient (Wildman–Crippen LogP) is 3.56. The summed E-state index contributed by atoms with van der Waals surface area (Å²) in [7, 11) is 1.29. The molecule has 0 aliphatic carbocycles. The van der Waals surface area contributed by atoms with Crippen LogP contribution in [0.2, 0.25) is 0 Å². The zero-order chi connectivity index (χ0) is 18.6. The average Bonchev–Trinajstić information content (AvgIpc) is 2.53. The highest BCUT2D eigenvalue weighted by Gasteiger charge is 2.33. The van der Waals surface area contributed by atoms with Gasteiger partial charge in [-0.25, -0.2) is 4.39 Å². The first-order valence-corrected chi connectivity index (χ1v) is 7.15. The number of amides is 2. The van der Waals surface area contributed by atoms with Crippen LogP contribution in [0.15, 0.2) is 48.5 Å². The molecule has 2 aromatic carbocycles. The maximum absolute atomic E-state index is 13.1. The minimum atomic E-state index is -4.62. The summed E-state index contributed by atoms with van der Waals surface area (Å²) in [5.41, 5.74) is -1.35. The van der Waals surface area contributed by atoms with Crippen LogP contribution in [0, 0.1) is 5.82 Å². The highest BCUT2D eigenvalue weighted by atomic mass is 19.4. The fourth-order valence-electron chi connectivity index (χ4n) is 2.16. The second-order valence-corrected chi connectivity index (χ2v) is 5.26. The smallest absolute Gasteiger partial charge is 0.332 e. The number of benzene rings is 2. The quantitative estimate of drug-likeness (QED) is 0.854. The van der Waals surface area contributed by atoms with Crippen molar-refractivity contribution in [2.75, 3.05) is 18.9 Å². The number of hydrogen-bond donors (Lipinski definition) is 1. The van der Waals surface area contributed by atoms with E-state index in [9.17, 15) is 27.2 Å². The number of para-hydroxylation sites is 1. The summed E-state index contributed by atoms with van der Waals surface area (Å²) in [4.78, 5) is 25.1. The maximum Gasteiger partial charge on any atom is 0.418 e. The van der Waals surface area contributed by atoms with Crippen molar-refractivity contribution in [2.45, 2.75) is 6.18 Å². The normalized spacial score (nSPS) is 11.1. The van der Waals surface area contributed by atoms with Gasteiger partial charge in [-0.2, -0.15) is 13.2 Å². The molecule has 0 aliphatic heterocycles. The van der Waals surface area contributed by atoms with E-state index in [0.717, 1.165) is 29.2 Å². The Morgan fingerprint density at radius 1 is 1.08 bits per heavy atom. The van der Waals surface area contributed by atoms with Crippen LogP contribution >= 0.6 is 0 Å². The summed E-state index contributed by atoms with van der Waals surface area (Å²) in [5.74, 6) is -2.04. The van der Waals surface area contributed by atoms with E-state index in [2.05, 4.69) is 5.32 Å². The summed E-state index contributed by atoms with van der Waals surface area (Å²) in [6.07, 6.45) is -4.62. The first-order chi connectivity index (χ1) is 11.7. The Kier molecular flexibility index (Phi) is 5.41. The van der Waals surface area contributed by atoms with Gasteiger partial charge in [-0.05, 0) is 30.3 Å². The van der Waals surface area contributed by atoms with Crippen molar-refractivity contribution >= 4 is 17.5 Å². The lowest BCUT2D eigenvalue weighted by Gasteiger charge is -2.18. The van der Waals surface area contributed by atoms with Gasteiger partial charge in [0.15, 0.2) is 0 Å². The average molecular weight is 354 g/mol. The Balaban J connectivity index is 2.07. The lowest BCUT2D eigenvalue weighted by molar-refractivity contribution is -0.137. The Hall–Kier alpha value is -2.90. The van der Waals surface area contributed by atoms with Gasteiger partial charge in [0.2, 0.25) is 5.91 Å². The highest BCUT2D eigenvalue weighted by Crippen LogP contribution is 2.34. The molecule has 132 valence electrons. The molecule has 0 unspecified atom stereocenters. The number of likely N-dealkylation sites (N-methyl/N-ethyl adjacent to an activating group) is 1. The fourth-order valence-corrected chi connectivity index (χ4v) is 2.16. The molecule has 0 spiro atoms. The van der Waals surface area contributed by atoms with Crippen LogP contribution in [0.3, 0.4) is 0 Å². The summed E-state index contributed by atoms with van der Waals surface area (Å²) in [6.45, 7) is -0.485. The van der Waals surface area contributed by atoms with Crippen LogP contribution in [0.1, 0.15) is 15.9 Å². The topological polar surface area (TPSA) is 49.4 Å². The van der Waals surface area contributed by atoms with Crippen molar-refractivity contribution in [1.82, 2.24) is 4.90 Å². The molecule has 0 heterocycles. The highest BCUT2D eigenvalue weighted by molar-refractivity contribution is 5.99. The van der Waals surface area contributed by atoms with Gasteiger partial charge < -0.3 is 10.2 Å². The summed E-state index contributed by atoms with van der Waals surface area (Å²) < 4.78 is 51.8. The van der Waals surface area contributed by atoms with Gasteiger partial charge in [0.05, 0.1) is 17.8 Å². The van der Waals surface area contributed by atoms with Crippen molar-refractivity contribution in [3.05, 3.63) is 65.5 Å². The standard InChI is InChI=1S/C17H14F4N2O2/c1-23(16(25)11-5-4-6-12(18)9-11)10-15(24)22-14-8-3-2-7-13(14)17(19,20)21/h2-9H,10H2,1H3,(H,22,24). The van der Waals surface area contributed by atoms with E-state index in [0.29, 0.717) is 0 Å². The lowest BCUT2D eigenvalue weighted by Crippen LogP contribution is -2.35. The lowest BCUT2D eigenvalue weighted by atomic mass is 10.1. The molecule has 0 atom stereocenters. The molecule has 8 heteroatoms.